The molecular weight excluding hydrogens is 296 g/mol. The maximum Gasteiger partial charge on any atom is 0.341 e. The molecule has 2 rings (SSSR count). The lowest BCUT2D eigenvalue weighted by molar-refractivity contribution is 0.0601. The van der Waals surface area contributed by atoms with Crippen LogP contribution in [0.15, 0.2) is 12.3 Å². The number of carbonyl (C=O) groups is 1. The van der Waals surface area contributed by atoms with Crippen molar-refractivity contribution in [2.24, 2.45) is 0 Å². The molecule has 0 aliphatic rings. The van der Waals surface area contributed by atoms with Crippen LogP contribution >= 0.6 is 11.6 Å². The predicted octanol–water partition coefficient (Wildman–Crippen LogP) is 2.73. The molecule has 6 nitrogen and oxygen atoms in total. The highest BCUT2D eigenvalue weighted by Gasteiger charge is 2.22. The molecule has 0 fully saturated rings. The highest BCUT2D eigenvalue weighted by molar-refractivity contribution is 6.34. The number of hydrogen-bond acceptors (Lipinski definition) is 6. The summed E-state index contributed by atoms with van der Waals surface area (Å²) in [6, 6.07) is 1.62. The number of esters is 1. The van der Waals surface area contributed by atoms with Crippen LogP contribution in [0.25, 0.3) is 10.9 Å². The molecule has 1 N–H and O–H groups in total. The maximum absolute atomic E-state index is 11.9. The van der Waals surface area contributed by atoms with Crippen molar-refractivity contribution in [2.45, 2.75) is 0 Å². The van der Waals surface area contributed by atoms with E-state index in [9.17, 15) is 4.79 Å². The number of ether oxygens (including phenoxy) is 3. The number of benzene rings is 1. The molecule has 0 amide bonds. The number of halogens is 1. The lowest BCUT2D eigenvalue weighted by Gasteiger charge is -2.16. The molecule has 1 aromatic heterocycles. The zero-order valence-corrected chi connectivity index (χ0v) is 12.9. The van der Waals surface area contributed by atoms with Crippen molar-refractivity contribution >= 4 is 34.2 Å². The second-order valence-electron chi connectivity index (χ2n) is 4.11. The van der Waals surface area contributed by atoms with Gasteiger partial charge in [-0.15, -0.1) is 0 Å². The molecular formula is C14H15ClN2O4. The van der Waals surface area contributed by atoms with Gasteiger partial charge in [-0.05, 0) is 0 Å². The zero-order chi connectivity index (χ0) is 15.6. The Morgan fingerprint density at radius 2 is 2.00 bits per heavy atom. The van der Waals surface area contributed by atoms with Crippen molar-refractivity contribution in [1.29, 1.82) is 0 Å². The topological polar surface area (TPSA) is 69.7 Å². The summed E-state index contributed by atoms with van der Waals surface area (Å²) in [6.45, 7) is 0. The van der Waals surface area contributed by atoms with Crippen molar-refractivity contribution < 1.29 is 19.0 Å². The number of fused-ring (bicyclic) bond motifs is 1. The Balaban J connectivity index is 2.95. The van der Waals surface area contributed by atoms with Crippen LogP contribution in [0.5, 0.6) is 11.5 Å². The standard InChI is InChI=1S/C14H15ClN2O4/c1-16-11-7(14(18)21-4)6-17-12-9(19-2)5-8(15)13(20-3)10(11)12/h5-6H,1-4H3,(H,16,17). The van der Waals surface area contributed by atoms with Gasteiger partial charge < -0.3 is 19.5 Å². The van der Waals surface area contributed by atoms with Crippen LogP contribution in [0.2, 0.25) is 5.02 Å². The van der Waals surface area contributed by atoms with Crippen molar-refractivity contribution in [2.75, 3.05) is 33.7 Å². The molecule has 0 bridgehead atoms. The van der Waals surface area contributed by atoms with Crippen LogP contribution in [0, 0.1) is 0 Å². The molecule has 2 aromatic rings. The van der Waals surface area contributed by atoms with Crippen LogP contribution in [0.3, 0.4) is 0 Å². The van der Waals surface area contributed by atoms with Gasteiger partial charge in [0.25, 0.3) is 0 Å². The summed E-state index contributed by atoms with van der Waals surface area (Å²) in [5, 5.41) is 3.90. The summed E-state index contributed by atoms with van der Waals surface area (Å²) < 4.78 is 15.4. The predicted molar refractivity (Wildman–Crippen MR) is 80.7 cm³/mol. The first-order valence-electron chi connectivity index (χ1n) is 6.08. The van der Waals surface area contributed by atoms with Gasteiger partial charge in [-0.2, -0.15) is 0 Å². The van der Waals surface area contributed by atoms with Gasteiger partial charge in [-0.1, -0.05) is 11.6 Å². The molecule has 112 valence electrons. The molecule has 7 heteroatoms. The number of aromatic nitrogens is 1. The molecule has 0 saturated carbocycles. The van der Waals surface area contributed by atoms with E-state index in [2.05, 4.69) is 10.3 Å². The van der Waals surface area contributed by atoms with Crippen molar-refractivity contribution in [1.82, 2.24) is 4.98 Å². The largest absolute Gasteiger partial charge is 0.494 e. The van der Waals surface area contributed by atoms with Crippen LogP contribution in [0.4, 0.5) is 5.69 Å². The Morgan fingerprint density at radius 1 is 1.29 bits per heavy atom. The summed E-state index contributed by atoms with van der Waals surface area (Å²) >= 11 is 6.21. The minimum Gasteiger partial charge on any atom is -0.494 e. The van der Waals surface area contributed by atoms with Gasteiger partial charge in [0.2, 0.25) is 0 Å². The average molecular weight is 311 g/mol. The highest BCUT2D eigenvalue weighted by Crippen LogP contribution is 2.43. The second-order valence-corrected chi connectivity index (χ2v) is 4.51. The summed E-state index contributed by atoms with van der Waals surface area (Å²) in [5.41, 5.74) is 1.34. The van der Waals surface area contributed by atoms with E-state index in [0.29, 0.717) is 33.1 Å². The first-order valence-corrected chi connectivity index (χ1v) is 6.46. The van der Waals surface area contributed by atoms with E-state index < -0.39 is 5.97 Å². The normalized spacial score (nSPS) is 10.3. The van der Waals surface area contributed by atoms with E-state index in [1.807, 2.05) is 0 Å². The Morgan fingerprint density at radius 3 is 2.52 bits per heavy atom. The van der Waals surface area contributed by atoms with Gasteiger partial charge in [0.05, 0.1) is 37.4 Å². The van der Waals surface area contributed by atoms with E-state index >= 15 is 0 Å². The van der Waals surface area contributed by atoms with E-state index in [4.69, 9.17) is 25.8 Å². The number of carbonyl (C=O) groups excluding carboxylic acids is 1. The van der Waals surface area contributed by atoms with Gasteiger partial charge in [0.1, 0.15) is 22.6 Å². The summed E-state index contributed by atoms with van der Waals surface area (Å²) in [7, 11) is 6.01. The fourth-order valence-electron chi connectivity index (χ4n) is 2.17. The average Bonchev–Trinajstić information content (AvgIpc) is 2.52. The summed E-state index contributed by atoms with van der Waals surface area (Å²) in [4.78, 5) is 16.1. The van der Waals surface area contributed by atoms with Crippen LogP contribution in [-0.2, 0) is 4.74 Å². The van der Waals surface area contributed by atoms with E-state index in [1.54, 1.807) is 13.1 Å². The SMILES string of the molecule is CNc1c(C(=O)OC)cnc2c(OC)cc(Cl)c(OC)c12. The third-order valence-corrected chi connectivity index (χ3v) is 3.37. The van der Waals surface area contributed by atoms with Crippen molar-refractivity contribution in [3.63, 3.8) is 0 Å². The second kappa shape index (κ2) is 6.05. The summed E-state index contributed by atoms with van der Waals surface area (Å²) in [5.74, 6) is 0.397. The highest BCUT2D eigenvalue weighted by atomic mass is 35.5. The molecule has 1 heterocycles. The molecule has 1 aromatic carbocycles. The zero-order valence-electron chi connectivity index (χ0n) is 12.1. The van der Waals surface area contributed by atoms with Crippen molar-refractivity contribution in [3.05, 3.63) is 22.8 Å². The Hall–Kier alpha value is -2.21. The molecule has 0 radical (unpaired) electrons. The third-order valence-electron chi connectivity index (χ3n) is 3.09. The van der Waals surface area contributed by atoms with Gasteiger partial charge in [0, 0.05) is 19.3 Å². The van der Waals surface area contributed by atoms with Gasteiger partial charge in [-0.3, -0.25) is 4.98 Å². The lowest BCUT2D eigenvalue weighted by Crippen LogP contribution is -2.08. The third kappa shape index (κ3) is 2.42. The monoisotopic (exact) mass is 310 g/mol. The van der Waals surface area contributed by atoms with Gasteiger partial charge in [-0.25, -0.2) is 4.79 Å². The number of nitrogens with zero attached hydrogens (tertiary/aromatic N) is 1. The van der Waals surface area contributed by atoms with Crippen LogP contribution in [0.1, 0.15) is 10.4 Å². The van der Waals surface area contributed by atoms with Crippen LogP contribution < -0.4 is 14.8 Å². The number of nitrogens with one attached hydrogen (secondary N) is 1. The lowest BCUT2D eigenvalue weighted by atomic mass is 10.1. The van der Waals surface area contributed by atoms with E-state index in [0.717, 1.165) is 0 Å². The molecule has 0 aliphatic carbocycles. The minimum atomic E-state index is -0.505. The number of hydrogen-bond donors (Lipinski definition) is 1. The molecule has 0 spiro atoms. The number of methoxy groups -OCH3 is 3. The van der Waals surface area contributed by atoms with Crippen LogP contribution in [-0.4, -0.2) is 39.3 Å². The molecule has 0 aliphatic heterocycles. The minimum absolute atomic E-state index is 0.287. The maximum atomic E-state index is 11.9. The van der Waals surface area contributed by atoms with Gasteiger partial charge in [0.15, 0.2) is 0 Å². The molecule has 0 unspecified atom stereocenters. The first-order chi connectivity index (χ1) is 10.1. The first kappa shape index (κ1) is 15.2. The fourth-order valence-corrected chi connectivity index (χ4v) is 2.44. The number of anilines is 1. The fraction of sp³-hybridized carbons (Fsp3) is 0.286. The Bertz CT molecular complexity index is 703. The summed E-state index contributed by atoms with van der Waals surface area (Å²) in [6.07, 6.45) is 1.43. The smallest absolute Gasteiger partial charge is 0.341 e. The Labute approximate surface area is 127 Å². The van der Waals surface area contributed by atoms with E-state index in [-0.39, 0.29) is 5.56 Å². The number of rotatable bonds is 4. The van der Waals surface area contributed by atoms with E-state index in [1.165, 1.54) is 27.5 Å². The molecule has 0 saturated heterocycles. The number of pyridine rings is 1. The van der Waals surface area contributed by atoms with Gasteiger partial charge >= 0.3 is 5.97 Å². The quantitative estimate of drug-likeness (QED) is 0.876. The Kier molecular flexibility index (Phi) is 4.37. The molecule has 0 atom stereocenters. The molecule has 21 heavy (non-hydrogen) atoms. The van der Waals surface area contributed by atoms with Crippen molar-refractivity contribution in [3.8, 4) is 11.5 Å².